The van der Waals surface area contributed by atoms with Gasteiger partial charge in [-0.05, 0) is 29.8 Å². The number of nitrogens with zero attached hydrogens (tertiary/aromatic N) is 3. The summed E-state index contributed by atoms with van der Waals surface area (Å²) in [6.45, 7) is 0.243. The quantitative estimate of drug-likeness (QED) is 0.675. The van der Waals surface area contributed by atoms with E-state index in [4.69, 9.17) is 5.26 Å². The van der Waals surface area contributed by atoms with Crippen molar-refractivity contribution in [1.82, 2.24) is 4.57 Å². The van der Waals surface area contributed by atoms with Crippen molar-refractivity contribution in [3.63, 3.8) is 0 Å². The molecular formula is C19H12FN3. The first-order valence-corrected chi connectivity index (χ1v) is 7.05. The second kappa shape index (κ2) is 6.17. The van der Waals surface area contributed by atoms with Crippen LogP contribution < -0.4 is 0 Å². The molecular weight excluding hydrogens is 289 g/mol. The Morgan fingerprint density at radius 1 is 1.09 bits per heavy atom. The number of para-hydroxylation sites is 1. The molecule has 0 N–H and O–H groups in total. The van der Waals surface area contributed by atoms with E-state index in [-0.39, 0.29) is 12.4 Å². The molecule has 0 unspecified atom stereocenters. The summed E-state index contributed by atoms with van der Waals surface area (Å²) < 4.78 is 14.9. The molecule has 2 aromatic carbocycles. The Bertz CT molecular complexity index is 967. The van der Waals surface area contributed by atoms with E-state index in [1.807, 2.05) is 35.0 Å². The van der Waals surface area contributed by atoms with Gasteiger partial charge in [0.05, 0.1) is 17.7 Å². The molecule has 0 radical (unpaired) electrons. The minimum Gasteiger partial charge on any atom is -0.333 e. The van der Waals surface area contributed by atoms with Gasteiger partial charge in [0.15, 0.2) is 0 Å². The zero-order valence-corrected chi connectivity index (χ0v) is 12.2. The molecule has 0 aliphatic rings. The van der Waals surface area contributed by atoms with E-state index >= 15 is 0 Å². The summed E-state index contributed by atoms with van der Waals surface area (Å²) in [5, 5.41) is 19.3. The molecule has 3 rings (SSSR count). The molecule has 4 heteroatoms. The minimum absolute atomic E-state index is 0.243. The molecule has 110 valence electrons. The zero-order chi connectivity index (χ0) is 16.2. The topological polar surface area (TPSA) is 52.5 Å². The van der Waals surface area contributed by atoms with Crippen LogP contribution in [0.3, 0.4) is 0 Å². The third kappa shape index (κ3) is 2.84. The lowest BCUT2D eigenvalue weighted by Crippen LogP contribution is -1.91. The van der Waals surface area contributed by atoms with Crippen LogP contribution in [0.25, 0.3) is 22.6 Å². The van der Waals surface area contributed by atoms with Gasteiger partial charge in [-0.15, -0.1) is 0 Å². The number of fused-ring (bicyclic) bond motifs is 1. The Kier molecular flexibility index (Phi) is 3.91. The molecule has 0 aliphatic carbocycles. The van der Waals surface area contributed by atoms with Gasteiger partial charge in [-0.1, -0.05) is 30.3 Å². The van der Waals surface area contributed by atoms with Gasteiger partial charge in [-0.25, -0.2) is 4.39 Å². The number of halogens is 1. The summed E-state index contributed by atoms with van der Waals surface area (Å²) in [6, 6.07) is 17.8. The summed E-state index contributed by atoms with van der Waals surface area (Å²) >= 11 is 0. The molecule has 0 aliphatic heterocycles. The lowest BCUT2D eigenvalue weighted by molar-refractivity contribution is 0.627. The van der Waals surface area contributed by atoms with Crippen molar-refractivity contribution < 1.29 is 4.39 Å². The average molecular weight is 301 g/mol. The Labute approximate surface area is 133 Å². The van der Waals surface area contributed by atoms with Gasteiger partial charge in [0.1, 0.15) is 12.4 Å². The van der Waals surface area contributed by atoms with Crippen LogP contribution in [0, 0.1) is 28.5 Å². The first kappa shape index (κ1) is 14.6. The van der Waals surface area contributed by atoms with Crippen molar-refractivity contribution in [2.75, 3.05) is 0 Å². The molecule has 0 fully saturated rings. The predicted octanol–water partition coefficient (Wildman–Crippen LogP) is 4.37. The Morgan fingerprint density at radius 2 is 1.83 bits per heavy atom. The van der Waals surface area contributed by atoms with Crippen LogP contribution in [0.15, 0.2) is 54.7 Å². The number of allylic oxidation sites excluding steroid dienone is 1. The molecule has 3 nitrogen and oxygen atoms in total. The molecule has 0 bridgehead atoms. The van der Waals surface area contributed by atoms with Gasteiger partial charge in [0, 0.05) is 22.7 Å². The Hall–Kier alpha value is -3.37. The first-order valence-electron chi connectivity index (χ1n) is 7.05. The third-order valence-electron chi connectivity index (χ3n) is 3.64. The van der Waals surface area contributed by atoms with Crippen molar-refractivity contribution in [2.45, 2.75) is 6.54 Å². The highest BCUT2D eigenvalue weighted by molar-refractivity contribution is 5.98. The minimum atomic E-state index is -0.336. The van der Waals surface area contributed by atoms with Gasteiger partial charge in [-0.2, -0.15) is 10.5 Å². The van der Waals surface area contributed by atoms with Crippen molar-refractivity contribution in [3.05, 3.63) is 71.7 Å². The van der Waals surface area contributed by atoms with Crippen molar-refractivity contribution in [1.29, 1.82) is 10.5 Å². The predicted molar refractivity (Wildman–Crippen MR) is 87.4 cm³/mol. The summed E-state index contributed by atoms with van der Waals surface area (Å²) in [5.74, 6) is -0.336. The molecule has 0 atom stereocenters. The molecule has 0 saturated carbocycles. The van der Waals surface area contributed by atoms with Crippen molar-refractivity contribution in [3.8, 4) is 12.1 Å². The Balaban J connectivity index is 2.14. The number of hydrogen-bond donors (Lipinski definition) is 0. The van der Waals surface area contributed by atoms with E-state index in [1.54, 1.807) is 18.2 Å². The summed E-state index contributed by atoms with van der Waals surface area (Å²) in [7, 11) is 0. The highest BCUT2D eigenvalue weighted by Gasteiger charge is 2.08. The largest absolute Gasteiger partial charge is 0.333 e. The van der Waals surface area contributed by atoms with E-state index in [2.05, 4.69) is 12.1 Å². The summed E-state index contributed by atoms with van der Waals surface area (Å²) in [6.07, 6.45) is 3.62. The second-order valence-corrected chi connectivity index (χ2v) is 5.06. The number of hydrogen-bond acceptors (Lipinski definition) is 2. The van der Waals surface area contributed by atoms with Crippen LogP contribution in [0.4, 0.5) is 4.39 Å². The maximum Gasteiger partial charge on any atom is 0.123 e. The number of benzene rings is 2. The number of nitriles is 2. The normalized spacial score (nSPS) is 11.2. The van der Waals surface area contributed by atoms with Gasteiger partial charge < -0.3 is 4.57 Å². The van der Waals surface area contributed by atoms with Crippen LogP contribution in [-0.4, -0.2) is 4.57 Å². The standard InChI is InChI=1S/C19H12FN3/c20-17-7-5-14(6-8-17)15(12-22)11-16-13-23(10-9-21)19-4-2-1-3-18(16)19/h1-8,11,13H,10H2/b15-11-. The van der Waals surface area contributed by atoms with Crippen LogP contribution in [-0.2, 0) is 6.54 Å². The summed E-state index contributed by atoms with van der Waals surface area (Å²) in [4.78, 5) is 0. The molecule has 3 aromatic rings. The summed E-state index contributed by atoms with van der Waals surface area (Å²) in [5.41, 5.74) is 2.91. The smallest absolute Gasteiger partial charge is 0.123 e. The van der Waals surface area contributed by atoms with E-state index in [9.17, 15) is 9.65 Å². The van der Waals surface area contributed by atoms with E-state index in [0.717, 1.165) is 16.5 Å². The van der Waals surface area contributed by atoms with Crippen molar-refractivity contribution in [2.24, 2.45) is 0 Å². The van der Waals surface area contributed by atoms with Crippen LogP contribution >= 0.6 is 0 Å². The molecule has 1 heterocycles. The second-order valence-electron chi connectivity index (χ2n) is 5.06. The molecule has 1 aromatic heterocycles. The average Bonchev–Trinajstić information content (AvgIpc) is 2.92. The fourth-order valence-electron chi connectivity index (χ4n) is 2.56. The maximum absolute atomic E-state index is 13.0. The molecule has 0 saturated heterocycles. The first-order chi connectivity index (χ1) is 11.2. The lowest BCUT2D eigenvalue weighted by Gasteiger charge is -1.99. The number of rotatable bonds is 3. The van der Waals surface area contributed by atoms with Crippen LogP contribution in [0.2, 0.25) is 0 Å². The fraction of sp³-hybridized carbons (Fsp3) is 0.0526. The van der Waals surface area contributed by atoms with Crippen molar-refractivity contribution >= 4 is 22.6 Å². The molecule has 0 spiro atoms. The maximum atomic E-state index is 13.0. The van der Waals surface area contributed by atoms with E-state index in [1.165, 1.54) is 12.1 Å². The lowest BCUT2D eigenvalue weighted by atomic mass is 10.0. The van der Waals surface area contributed by atoms with E-state index in [0.29, 0.717) is 11.1 Å². The molecule has 0 amide bonds. The Morgan fingerprint density at radius 3 is 2.52 bits per heavy atom. The highest BCUT2D eigenvalue weighted by Crippen LogP contribution is 2.26. The van der Waals surface area contributed by atoms with Gasteiger partial charge in [0.25, 0.3) is 0 Å². The third-order valence-corrected chi connectivity index (χ3v) is 3.64. The van der Waals surface area contributed by atoms with Gasteiger partial charge >= 0.3 is 0 Å². The van der Waals surface area contributed by atoms with Gasteiger partial charge in [0.2, 0.25) is 0 Å². The van der Waals surface area contributed by atoms with E-state index < -0.39 is 0 Å². The zero-order valence-electron chi connectivity index (χ0n) is 12.2. The van der Waals surface area contributed by atoms with Gasteiger partial charge in [-0.3, -0.25) is 0 Å². The molecule has 23 heavy (non-hydrogen) atoms. The number of aromatic nitrogens is 1. The monoisotopic (exact) mass is 301 g/mol. The van der Waals surface area contributed by atoms with Crippen LogP contribution in [0.5, 0.6) is 0 Å². The SMILES string of the molecule is N#CCn1cc(/C=C(/C#N)c2ccc(F)cc2)c2ccccc21. The highest BCUT2D eigenvalue weighted by atomic mass is 19.1. The fourth-order valence-corrected chi connectivity index (χ4v) is 2.56. The van der Waals surface area contributed by atoms with Crippen LogP contribution in [0.1, 0.15) is 11.1 Å².